The van der Waals surface area contributed by atoms with Crippen LogP contribution in [0.4, 0.5) is 0 Å². The molecule has 5 heteroatoms. The normalized spacial score (nSPS) is 42.3. The van der Waals surface area contributed by atoms with E-state index in [-0.39, 0.29) is 13.0 Å². The Morgan fingerprint density at radius 2 is 2.07 bits per heavy atom. The molecule has 0 aliphatic carbocycles. The third-order valence-corrected chi connectivity index (χ3v) is 2.63. The average Bonchev–Trinajstić information content (AvgIpc) is 2.22. The minimum Gasteiger partial charge on any atom is -0.394 e. The molecule has 1 aliphatic rings. The second-order valence-corrected chi connectivity index (χ2v) is 3.80. The molecule has 0 saturated carbocycles. The van der Waals surface area contributed by atoms with Crippen LogP contribution in [0.15, 0.2) is 12.2 Å². The first-order valence-corrected chi connectivity index (χ1v) is 4.99. The van der Waals surface area contributed by atoms with Gasteiger partial charge in [0.1, 0.15) is 17.8 Å². The van der Waals surface area contributed by atoms with E-state index >= 15 is 0 Å². The van der Waals surface area contributed by atoms with Gasteiger partial charge in [-0.05, 0) is 6.92 Å². The van der Waals surface area contributed by atoms with Gasteiger partial charge >= 0.3 is 0 Å². The number of hydrogen-bond donors (Lipinski definition) is 4. The summed E-state index contributed by atoms with van der Waals surface area (Å²) in [4.78, 5) is 0. The van der Waals surface area contributed by atoms with Crippen molar-refractivity contribution in [3.05, 3.63) is 12.2 Å². The van der Waals surface area contributed by atoms with Gasteiger partial charge in [0.2, 0.25) is 0 Å². The van der Waals surface area contributed by atoms with E-state index in [0.29, 0.717) is 0 Å². The Bertz CT molecular complexity index is 230. The van der Waals surface area contributed by atoms with Crippen LogP contribution in [0.1, 0.15) is 13.3 Å². The molecule has 1 heterocycles. The second kappa shape index (κ2) is 5.05. The third-order valence-electron chi connectivity index (χ3n) is 2.63. The summed E-state index contributed by atoms with van der Waals surface area (Å²) in [5, 5.41) is 37.8. The van der Waals surface area contributed by atoms with E-state index in [4.69, 9.17) is 14.9 Å². The molecule has 0 aromatic heterocycles. The van der Waals surface area contributed by atoms with Gasteiger partial charge in [0.15, 0.2) is 0 Å². The zero-order chi connectivity index (χ0) is 11.5. The fourth-order valence-electron chi connectivity index (χ4n) is 1.88. The van der Waals surface area contributed by atoms with E-state index in [1.807, 2.05) is 0 Å². The minimum atomic E-state index is -1.44. The summed E-state index contributed by atoms with van der Waals surface area (Å²) < 4.78 is 5.19. The van der Waals surface area contributed by atoms with Crippen LogP contribution >= 0.6 is 0 Å². The highest BCUT2D eigenvalue weighted by atomic mass is 16.5. The molecule has 15 heavy (non-hydrogen) atoms. The molecule has 1 saturated heterocycles. The van der Waals surface area contributed by atoms with Gasteiger partial charge in [-0.3, -0.25) is 0 Å². The monoisotopic (exact) mass is 218 g/mol. The van der Waals surface area contributed by atoms with E-state index in [9.17, 15) is 10.2 Å². The predicted octanol–water partition coefficient (Wildman–Crippen LogP) is -1.20. The lowest BCUT2D eigenvalue weighted by Gasteiger charge is -2.42. The largest absolute Gasteiger partial charge is 0.394 e. The minimum absolute atomic E-state index is 0.117. The van der Waals surface area contributed by atoms with Crippen LogP contribution in [0.2, 0.25) is 0 Å². The number of hydrogen-bond acceptors (Lipinski definition) is 5. The standard InChI is InChI=1S/C10H18O5/c1-2-3-10(14)4-7(5-11)15-8(6-12)9(10)13/h2-3,7-9,11-14H,4-6H2,1H3. The number of aliphatic hydroxyl groups is 4. The van der Waals surface area contributed by atoms with Gasteiger partial charge in [-0.1, -0.05) is 12.2 Å². The topological polar surface area (TPSA) is 90.2 Å². The van der Waals surface area contributed by atoms with Gasteiger partial charge in [-0.15, -0.1) is 0 Å². The van der Waals surface area contributed by atoms with Crippen molar-refractivity contribution in [2.75, 3.05) is 13.2 Å². The van der Waals surface area contributed by atoms with Crippen molar-refractivity contribution in [1.82, 2.24) is 0 Å². The van der Waals surface area contributed by atoms with E-state index in [1.54, 1.807) is 13.0 Å². The van der Waals surface area contributed by atoms with Crippen molar-refractivity contribution >= 4 is 0 Å². The van der Waals surface area contributed by atoms with Crippen LogP contribution in [-0.2, 0) is 4.74 Å². The molecule has 0 amide bonds. The molecule has 0 radical (unpaired) electrons. The zero-order valence-corrected chi connectivity index (χ0v) is 8.71. The molecule has 0 spiro atoms. The molecule has 1 aliphatic heterocycles. The molecular formula is C10H18O5. The maximum absolute atomic E-state index is 10.1. The molecule has 0 bridgehead atoms. The fraction of sp³-hybridized carbons (Fsp3) is 0.800. The van der Waals surface area contributed by atoms with E-state index in [1.165, 1.54) is 6.08 Å². The van der Waals surface area contributed by atoms with Crippen LogP contribution in [0.5, 0.6) is 0 Å². The van der Waals surface area contributed by atoms with Gasteiger partial charge in [0.05, 0.1) is 19.3 Å². The van der Waals surface area contributed by atoms with E-state index < -0.39 is 30.5 Å². The van der Waals surface area contributed by atoms with Gasteiger partial charge in [0, 0.05) is 6.42 Å². The molecule has 1 rings (SSSR count). The maximum atomic E-state index is 10.1. The number of aliphatic hydroxyl groups excluding tert-OH is 3. The summed E-state index contributed by atoms with van der Waals surface area (Å²) in [6.07, 6.45) is 0.597. The van der Waals surface area contributed by atoms with Crippen LogP contribution < -0.4 is 0 Å². The van der Waals surface area contributed by atoms with E-state index in [2.05, 4.69) is 0 Å². The summed E-state index contributed by atoms with van der Waals surface area (Å²) in [5.74, 6) is 0. The lowest BCUT2D eigenvalue weighted by atomic mass is 9.84. The summed E-state index contributed by atoms with van der Waals surface area (Å²) in [5.41, 5.74) is -1.44. The summed E-state index contributed by atoms with van der Waals surface area (Å²) in [6, 6.07) is 0. The second-order valence-electron chi connectivity index (χ2n) is 3.80. The highest BCUT2D eigenvalue weighted by Gasteiger charge is 2.45. The fourth-order valence-corrected chi connectivity index (χ4v) is 1.88. The van der Waals surface area contributed by atoms with Gasteiger partial charge in [-0.25, -0.2) is 0 Å². The van der Waals surface area contributed by atoms with Crippen molar-refractivity contribution < 1.29 is 25.2 Å². The smallest absolute Gasteiger partial charge is 0.115 e. The highest BCUT2D eigenvalue weighted by molar-refractivity contribution is 5.09. The van der Waals surface area contributed by atoms with Gasteiger partial charge in [0.25, 0.3) is 0 Å². The average molecular weight is 218 g/mol. The van der Waals surface area contributed by atoms with Crippen LogP contribution in [0.25, 0.3) is 0 Å². The summed E-state index contributed by atoms with van der Waals surface area (Å²) in [7, 11) is 0. The van der Waals surface area contributed by atoms with Gasteiger partial charge < -0.3 is 25.2 Å². The molecule has 0 aromatic carbocycles. The Kier molecular flexibility index (Phi) is 4.24. The van der Waals surface area contributed by atoms with Crippen LogP contribution in [-0.4, -0.2) is 57.6 Å². The zero-order valence-electron chi connectivity index (χ0n) is 8.71. The molecular weight excluding hydrogens is 200 g/mol. The lowest BCUT2D eigenvalue weighted by Crippen LogP contribution is -2.58. The number of ether oxygens (including phenoxy) is 1. The Labute approximate surface area is 88.6 Å². The first-order valence-electron chi connectivity index (χ1n) is 4.99. The molecule has 4 N–H and O–H groups in total. The van der Waals surface area contributed by atoms with Crippen LogP contribution in [0.3, 0.4) is 0 Å². The Morgan fingerprint density at radius 1 is 1.40 bits per heavy atom. The molecule has 5 nitrogen and oxygen atoms in total. The molecule has 4 unspecified atom stereocenters. The van der Waals surface area contributed by atoms with Crippen molar-refractivity contribution in [2.45, 2.75) is 37.3 Å². The molecule has 4 atom stereocenters. The Hall–Kier alpha value is -0.460. The Balaban J connectivity index is 2.85. The Morgan fingerprint density at radius 3 is 2.53 bits per heavy atom. The summed E-state index contributed by atoms with van der Waals surface area (Å²) in [6.45, 7) is 1.09. The van der Waals surface area contributed by atoms with Crippen molar-refractivity contribution in [3.8, 4) is 0 Å². The van der Waals surface area contributed by atoms with E-state index in [0.717, 1.165) is 0 Å². The molecule has 1 fully saturated rings. The SMILES string of the molecule is CC=CC1(O)CC(CO)OC(CO)C1O. The first-order chi connectivity index (χ1) is 7.07. The first kappa shape index (κ1) is 12.6. The molecule has 0 aromatic rings. The lowest BCUT2D eigenvalue weighted by molar-refractivity contribution is -0.213. The van der Waals surface area contributed by atoms with Crippen LogP contribution in [0, 0.1) is 0 Å². The predicted molar refractivity (Wildman–Crippen MR) is 53.2 cm³/mol. The third kappa shape index (κ3) is 2.56. The quantitative estimate of drug-likeness (QED) is 0.447. The summed E-state index contributed by atoms with van der Waals surface area (Å²) >= 11 is 0. The van der Waals surface area contributed by atoms with Crippen molar-refractivity contribution in [3.63, 3.8) is 0 Å². The number of rotatable bonds is 3. The van der Waals surface area contributed by atoms with Gasteiger partial charge in [-0.2, -0.15) is 0 Å². The van der Waals surface area contributed by atoms with Crippen molar-refractivity contribution in [2.24, 2.45) is 0 Å². The van der Waals surface area contributed by atoms with Crippen molar-refractivity contribution in [1.29, 1.82) is 0 Å². The highest BCUT2D eigenvalue weighted by Crippen LogP contribution is 2.30. The maximum Gasteiger partial charge on any atom is 0.115 e. The number of allylic oxidation sites excluding steroid dienone is 1. The molecule has 88 valence electrons.